The molecule has 0 unspecified atom stereocenters. The summed E-state index contributed by atoms with van der Waals surface area (Å²) in [7, 11) is 0. The van der Waals surface area contributed by atoms with E-state index < -0.39 is 0 Å². The molecule has 1 aromatic carbocycles. The number of rotatable bonds is 6. The highest BCUT2D eigenvalue weighted by molar-refractivity contribution is 6.32. The highest BCUT2D eigenvalue weighted by atomic mass is 35.5. The molecule has 3 heteroatoms. The summed E-state index contributed by atoms with van der Waals surface area (Å²) in [4.78, 5) is 0. The third-order valence-corrected chi connectivity index (χ3v) is 3.11. The van der Waals surface area contributed by atoms with Gasteiger partial charge in [-0.1, -0.05) is 23.7 Å². The summed E-state index contributed by atoms with van der Waals surface area (Å²) in [6.45, 7) is 0.977. The third kappa shape index (κ3) is 3.13. The van der Waals surface area contributed by atoms with Gasteiger partial charge in [0.05, 0.1) is 11.6 Å². The number of hydrogen-bond donors (Lipinski definition) is 1. The monoisotopic (exact) mass is 240 g/mol. The van der Waals surface area contributed by atoms with Crippen LogP contribution >= 0.6 is 11.6 Å². The molecule has 1 fully saturated rings. The lowest BCUT2D eigenvalue weighted by atomic mass is 10.1. The van der Waals surface area contributed by atoms with Gasteiger partial charge in [-0.05, 0) is 43.2 Å². The van der Waals surface area contributed by atoms with Gasteiger partial charge in [-0.15, -0.1) is 0 Å². The first-order valence-corrected chi connectivity index (χ1v) is 6.20. The van der Waals surface area contributed by atoms with E-state index in [2.05, 4.69) is 0 Å². The lowest BCUT2D eigenvalue weighted by molar-refractivity contribution is 0.282. The normalized spacial score (nSPS) is 15.1. The SMILES string of the molecule is OCCCc1cccc(Cl)c1OCC1CC1. The molecule has 0 aromatic heterocycles. The Morgan fingerprint density at radius 1 is 1.38 bits per heavy atom. The Hall–Kier alpha value is -0.730. The van der Waals surface area contributed by atoms with Crippen LogP contribution in [0.3, 0.4) is 0 Å². The van der Waals surface area contributed by atoms with Gasteiger partial charge in [0.1, 0.15) is 5.75 Å². The summed E-state index contributed by atoms with van der Waals surface area (Å²) in [6.07, 6.45) is 4.12. The van der Waals surface area contributed by atoms with Gasteiger partial charge in [-0.25, -0.2) is 0 Å². The Bertz CT molecular complexity index is 348. The number of benzene rings is 1. The van der Waals surface area contributed by atoms with Crippen molar-refractivity contribution in [3.8, 4) is 5.75 Å². The molecular formula is C13H17ClO2. The molecular weight excluding hydrogens is 224 g/mol. The van der Waals surface area contributed by atoms with Crippen LogP contribution in [-0.4, -0.2) is 18.3 Å². The van der Waals surface area contributed by atoms with Crippen molar-refractivity contribution in [2.24, 2.45) is 5.92 Å². The summed E-state index contributed by atoms with van der Waals surface area (Å²) in [5.74, 6) is 1.53. The minimum atomic E-state index is 0.203. The van der Waals surface area contributed by atoms with Crippen LogP contribution in [0.15, 0.2) is 18.2 Å². The van der Waals surface area contributed by atoms with E-state index in [1.807, 2.05) is 18.2 Å². The molecule has 0 radical (unpaired) electrons. The smallest absolute Gasteiger partial charge is 0.141 e. The Labute approximate surface area is 101 Å². The summed E-state index contributed by atoms with van der Waals surface area (Å²) in [5, 5.41) is 9.52. The molecule has 1 aliphatic rings. The Morgan fingerprint density at radius 2 is 2.19 bits per heavy atom. The number of para-hydroxylation sites is 1. The van der Waals surface area contributed by atoms with Gasteiger partial charge in [0.15, 0.2) is 0 Å². The highest BCUT2D eigenvalue weighted by Gasteiger charge is 2.22. The van der Waals surface area contributed by atoms with Gasteiger partial charge >= 0.3 is 0 Å². The fourth-order valence-corrected chi connectivity index (χ4v) is 1.92. The number of aliphatic hydroxyl groups is 1. The van der Waals surface area contributed by atoms with Gasteiger partial charge in [-0.3, -0.25) is 0 Å². The van der Waals surface area contributed by atoms with Crippen molar-refractivity contribution in [3.63, 3.8) is 0 Å². The van der Waals surface area contributed by atoms with Crippen LogP contribution in [0.2, 0.25) is 5.02 Å². The average Bonchev–Trinajstić information content (AvgIpc) is 3.09. The van der Waals surface area contributed by atoms with Gasteiger partial charge in [0.25, 0.3) is 0 Å². The van der Waals surface area contributed by atoms with Crippen molar-refractivity contribution >= 4 is 11.6 Å². The van der Waals surface area contributed by atoms with E-state index >= 15 is 0 Å². The second-order valence-electron chi connectivity index (χ2n) is 4.31. The summed E-state index contributed by atoms with van der Waals surface area (Å²) >= 11 is 6.12. The number of hydrogen-bond acceptors (Lipinski definition) is 2. The Kier molecular flexibility index (Phi) is 4.08. The lowest BCUT2D eigenvalue weighted by Gasteiger charge is -2.12. The zero-order valence-corrected chi connectivity index (χ0v) is 10.0. The van der Waals surface area contributed by atoms with Crippen LogP contribution in [0.4, 0.5) is 0 Å². The van der Waals surface area contributed by atoms with Crippen LogP contribution in [0, 0.1) is 5.92 Å². The summed E-state index contributed by atoms with van der Waals surface area (Å²) in [5.41, 5.74) is 1.10. The molecule has 1 N–H and O–H groups in total. The maximum Gasteiger partial charge on any atom is 0.141 e. The Morgan fingerprint density at radius 3 is 2.88 bits per heavy atom. The largest absolute Gasteiger partial charge is 0.491 e. The number of aryl methyl sites for hydroxylation is 1. The molecule has 0 saturated heterocycles. The van der Waals surface area contributed by atoms with Crippen molar-refractivity contribution in [2.75, 3.05) is 13.2 Å². The molecule has 16 heavy (non-hydrogen) atoms. The zero-order valence-electron chi connectivity index (χ0n) is 9.29. The van der Waals surface area contributed by atoms with Crippen LogP contribution in [0.1, 0.15) is 24.8 Å². The maximum atomic E-state index is 8.84. The molecule has 1 aliphatic carbocycles. The molecule has 88 valence electrons. The first-order chi connectivity index (χ1) is 7.81. The lowest BCUT2D eigenvalue weighted by Crippen LogP contribution is -2.03. The fraction of sp³-hybridized carbons (Fsp3) is 0.538. The number of ether oxygens (including phenoxy) is 1. The highest BCUT2D eigenvalue weighted by Crippen LogP contribution is 2.34. The van der Waals surface area contributed by atoms with Crippen LogP contribution in [-0.2, 0) is 6.42 Å². The molecule has 0 atom stereocenters. The van der Waals surface area contributed by atoms with E-state index in [4.69, 9.17) is 21.4 Å². The van der Waals surface area contributed by atoms with E-state index in [0.717, 1.165) is 36.7 Å². The predicted molar refractivity (Wildman–Crippen MR) is 65.1 cm³/mol. The van der Waals surface area contributed by atoms with Crippen molar-refractivity contribution in [1.82, 2.24) is 0 Å². The predicted octanol–water partition coefficient (Wildman–Crippen LogP) is 3.05. The molecule has 1 saturated carbocycles. The zero-order chi connectivity index (χ0) is 11.4. The molecule has 0 bridgehead atoms. The van der Waals surface area contributed by atoms with Gasteiger partial charge in [0.2, 0.25) is 0 Å². The number of halogens is 1. The second-order valence-corrected chi connectivity index (χ2v) is 4.72. The van der Waals surface area contributed by atoms with E-state index in [1.54, 1.807) is 0 Å². The fourth-order valence-electron chi connectivity index (χ4n) is 1.67. The first-order valence-electron chi connectivity index (χ1n) is 5.82. The molecule has 2 rings (SSSR count). The van der Waals surface area contributed by atoms with Crippen LogP contribution < -0.4 is 4.74 Å². The van der Waals surface area contributed by atoms with Crippen molar-refractivity contribution in [2.45, 2.75) is 25.7 Å². The Balaban J connectivity index is 2.04. The first kappa shape index (κ1) is 11.7. The van der Waals surface area contributed by atoms with E-state index in [1.165, 1.54) is 12.8 Å². The molecule has 0 heterocycles. The third-order valence-electron chi connectivity index (χ3n) is 2.81. The quantitative estimate of drug-likeness (QED) is 0.828. The van der Waals surface area contributed by atoms with Gasteiger partial charge in [0, 0.05) is 6.61 Å². The molecule has 1 aromatic rings. The molecule has 0 spiro atoms. The van der Waals surface area contributed by atoms with Crippen LogP contribution in [0.25, 0.3) is 0 Å². The summed E-state index contributed by atoms with van der Waals surface area (Å²) in [6, 6.07) is 5.80. The van der Waals surface area contributed by atoms with Crippen LogP contribution in [0.5, 0.6) is 5.75 Å². The molecule has 2 nitrogen and oxygen atoms in total. The van der Waals surface area contributed by atoms with Crippen molar-refractivity contribution in [1.29, 1.82) is 0 Å². The molecule has 0 amide bonds. The minimum absolute atomic E-state index is 0.203. The average molecular weight is 241 g/mol. The van der Waals surface area contributed by atoms with Gasteiger partial charge < -0.3 is 9.84 Å². The van der Waals surface area contributed by atoms with E-state index in [9.17, 15) is 0 Å². The van der Waals surface area contributed by atoms with Crippen molar-refractivity contribution < 1.29 is 9.84 Å². The van der Waals surface area contributed by atoms with Gasteiger partial charge in [-0.2, -0.15) is 0 Å². The second kappa shape index (κ2) is 5.55. The van der Waals surface area contributed by atoms with E-state index in [-0.39, 0.29) is 6.61 Å². The summed E-state index contributed by atoms with van der Waals surface area (Å²) < 4.78 is 5.78. The maximum absolute atomic E-state index is 8.84. The topological polar surface area (TPSA) is 29.5 Å². The number of aliphatic hydroxyl groups excluding tert-OH is 1. The minimum Gasteiger partial charge on any atom is -0.491 e. The molecule has 0 aliphatic heterocycles. The van der Waals surface area contributed by atoms with Crippen molar-refractivity contribution in [3.05, 3.63) is 28.8 Å². The van der Waals surface area contributed by atoms with E-state index in [0.29, 0.717) is 5.02 Å². The standard InChI is InChI=1S/C13H17ClO2/c14-12-5-1-3-11(4-2-8-15)13(12)16-9-10-6-7-10/h1,3,5,10,15H,2,4,6-9H2.